The van der Waals surface area contributed by atoms with Crippen molar-refractivity contribution < 1.29 is 4.79 Å². The van der Waals surface area contributed by atoms with Crippen LogP contribution in [0.1, 0.15) is 38.5 Å². The van der Waals surface area contributed by atoms with Crippen LogP contribution in [0.5, 0.6) is 0 Å². The van der Waals surface area contributed by atoms with Crippen molar-refractivity contribution >= 4 is 30.7 Å². The molecule has 0 aromatic heterocycles. The Kier molecular flexibility index (Phi) is 7.59. The lowest BCUT2D eigenvalue weighted by Crippen LogP contribution is -2.49. The predicted octanol–water partition coefficient (Wildman–Crippen LogP) is 1.57. The Morgan fingerprint density at radius 2 is 1.75 bits per heavy atom. The fourth-order valence-electron chi connectivity index (χ4n) is 3.24. The number of hydrogen-bond donors (Lipinski definition) is 2. The van der Waals surface area contributed by atoms with E-state index in [9.17, 15) is 4.79 Å². The first-order valence-corrected chi connectivity index (χ1v) is 7.58. The molecule has 3 rings (SSSR count). The fourth-order valence-corrected chi connectivity index (χ4v) is 3.24. The number of nitrogens with one attached hydrogen (secondary N) is 2. The van der Waals surface area contributed by atoms with E-state index >= 15 is 0 Å². The molecule has 6 heteroatoms. The summed E-state index contributed by atoms with van der Waals surface area (Å²) in [7, 11) is 0. The van der Waals surface area contributed by atoms with Gasteiger partial charge in [0.15, 0.2) is 0 Å². The second-order valence-electron chi connectivity index (χ2n) is 6.09. The van der Waals surface area contributed by atoms with Crippen LogP contribution in [0.25, 0.3) is 0 Å². The van der Waals surface area contributed by atoms with Gasteiger partial charge in [-0.3, -0.25) is 4.79 Å². The first-order valence-electron chi connectivity index (χ1n) is 7.58. The summed E-state index contributed by atoms with van der Waals surface area (Å²) in [5.41, 5.74) is 0. The van der Waals surface area contributed by atoms with Gasteiger partial charge in [0, 0.05) is 31.7 Å². The van der Waals surface area contributed by atoms with Crippen LogP contribution in [0, 0.1) is 5.92 Å². The van der Waals surface area contributed by atoms with Gasteiger partial charge in [-0.05, 0) is 45.1 Å². The van der Waals surface area contributed by atoms with Crippen molar-refractivity contribution in [2.75, 3.05) is 26.2 Å². The van der Waals surface area contributed by atoms with E-state index in [1.54, 1.807) is 0 Å². The monoisotopic (exact) mass is 323 g/mol. The van der Waals surface area contributed by atoms with Crippen molar-refractivity contribution in [3.63, 3.8) is 0 Å². The van der Waals surface area contributed by atoms with E-state index in [1.807, 2.05) is 0 Å². The van der Waals surface area contributed by atoms with Crippen LogP contribution < -0.4 is 10.6 Å². The average molecular weight is 324 g/mol. The first-order chi connectivity index (χ1) is 8.83. The highest BCUT2D eigenvalue weighted by Gasteiger charge is 2.32. The Morgan fingerprint density at radius 3 is 2.30 bits per heavy atom. The van der Waals surface area contributed by atoms with E-state index in [1.165, 1.54) is 25.9 Å². The van der Waals surface area contributed by atoms with E-state index in [-0.39, 0.29) is 36.6 Å². The molecule has 3 aliphatic rings. The summed E-state index contributed by atoms with van der Waals surface area (Å²) in [4.78, 5) is 14.7. The molecule has 1 saturated carbocycles. The molecule has 1 aliphatic carbocycles. The van der Waals surface area contributed by atoms with Gasteiger partial charge in [0.1, 0.15) is 0 Å². The average Bonchev–Trinajstić information content (AvgIpc) is 3.25. The van der Waals surface area contributed by atoms with Gasteiger partial charge in [-0.1, -0.05) is 0 Å². The van der Waals surface area contributed by atoms with Crippen LogP contribution in [-0.2, 0) is 4.79 Å². The number of carbonyl (C=O) groups is 1. The minimum absolute atomic E-state index is 0. The van der Waals surface area contributed by atoms with Gasteiger partial charge in [0.2, 0.25) is 5.91 Å². The maximum atomic E-state index is 12.1. The molecular formula is C14H27Cl2N3O. The maximum absolute atomic E-state index is 12.1. The molecule has 0 aromatic carbocycles. The first kappa shape index (κ1) is 18.0. The Morgan fingerprint density at radius 1 is 1.05 bits per heavy atom. The van der Waals surface area contributed by atoms with Crippen LogP contribution in [0.4, 0.5) is 0 Å². The number of piperidine rings is 2. The highest BCUT2D eigenvalue weighted by atomic mass is 35.5. The predicted molar refractivity (Wildman–Crippen MR) is 85.8 cm³/mol. The summed E-state index contributed by atoms with van der Waals surface area (Å²) < 4.78 is 0. The lowest BCUT2D eigenvalue weighted by atomic mass is 9.97. The number of likely N-dealkylation sites (tertiary alicyclic amines) is 1. The minimum Gasteiger partial charge on any atom is -0.353 e. The van der Waals surface area contributed by atoms with Crippen molar-refractivity contribution in [3.05, 3.63) is 0 Å². The smallest absolute Gasteiger partial charge is 0.224 e. The van der Waals surface area contributed by atoms with Gasteiger partial charge >= 0.3 is 0 Å². The van der Waals surface area contributed by atoms with Gasteiger partial charge in [-0.2, -0.15) is 0 Å². The molecule has 0 radical (unpaired) electrons. The van der Waals surface area contributed by atoms with Crippen molar-refractivity contribution in [2.45, 2.75) is 50.6 Å². The number of rotatable bonds is 3. The highest BCUT2D eigenvalue weighted by molar-refractivity contribution is 5.85. The summed E-state index contributed by atoms with van der Waals surface area (Å²) in [6, 6.07) is 1.30. The Bertz CT molecular complexity index is 299. The summed E-state index contributed by atoms with van der Waals surface area (Å²) >= 11 is 0. The zero-order valence-electron chi connectivity index (χ0n) is 12.0. The van der Waals surface area contributed by atoms with E-state index < -0.39 is 0 Å². The summed E-state index contributed by atoms with van der Waals surface area (Å²) in [6.45, 7) is 4.30. The van der Waals surface area contributed by atoms with Gasteiger partial charge in [0.05, 0.1) is 5.92 Å². The molecule has 0 spiro atoms. The van der Waals surface area contributed by atoms with E-state index in [0.717, 1.165) is 44.8 Å². The largest absolute Gasteiger partial charge is 0.353 e. The highest BCUT2D eigenvalue weighted by Crippen LogP contribution is 2.29. The van der Waals surface area contributed by atoms with Crippen LogP contribution in [0.15, 0.2) is 0 Å². The molecule has 3 fully saturated rings. The summed E-state index contributed by atoms with van der Waals surface area (Å²) in [5, 5.41) is 6.58. The molecule has 0 bridgehead atoms. The van der Waals surface area contributed by atoms with Crippen LogP contribution >= 0.6 is 24.8 Å². The standard InChI is InChI=1S/C14H25N3O.2ClH/c18-14(11-2-1-7-15-10-11)16-12-5-8-17(9-6-12)13-3-4-13;;/h11-13,15H,1-10H2,(H,16,18);2*1H. The lowest BCUT2D eigenvalue weighted by Gasteiger charge is -2.33. The van der Waals surface area contributed by atoms with Gasteiger partial charge in [0.25, 0.3) is 0 Å². The van der Waals surface area contributed by atoms with E-state index in [4.69, 9.17) is 0 Å². The van der Waals surface area contributed by atoms with Crippen molar-refractivity contribution in [3.8, 4) is 0 Å². The van der Waals surface area contributed by atoms with E-state index in [0.29, 0.717) is 6.04 Å². The quantitative estimate of drug-likeness (QED) is 0.828. The number of amides is 1. The van der Waals surface area contributed by atoms with Crippen LogP contribution in [0.3, 0.4) is 0 Å². The second kappa shape index (κ2) is 8.42. The third kappa shape index (κ3) is 4.76. The van der Waals surface area contributed by atoms with E-state index in [2.05, 4.69) is 15.5 Å². The van der Waals surface area contributed by atoms with Crippen LogP contribution in [-0.4, -0.2) is 49.1 Å². The molecule has 118 valence electrons. The molecule has 2 heterocycles. The molecule has 4 nitrogen and oxygen atoms in total. The fraction of sp³-hybridized carbons (Fsp3) is 0.929. The van der Waals surface area contributed by atoms with Gasteiger partial charge in [-0.15, -0.1) is 24.8 Å². The Hall–Kier alpha value is -0.0300. The van der Waals surface area contributed by atoms with Crippen molar-refractivity contribution in [1.82, 2.24) is 15.5 Å². The van der Waals surface area contributed by atoms with Crippen LogP contribution in [0.2, 0.25) is 0 Å². The van der Waals surface area contributed by atoms with Gasteiger partial charge in [-0.25, -0.2) is 0 Å². The lowest BCUT2D eigenvalue weighted by molar-refractivity contribution is -0.126. The SMILES string of the molecule is Cl.Cl.O=C(NC1CCN(C2CC2)CC1)C1CCCNC1. The topological polar surface area (TPSA) is 44.4 Å². The zero-order valence-corrected chi connectivity index (χ0v) is 13.6. The second-order valence-corrected chi connectivity index (χ2v) is 6.09. The molecule has 0 aromatic rings. The molecule has 2 saturated heterocycles. The molecule has 2 N–H and O–H groups in total. The third-order valence-electron chi connectivity index (χ3n) is 4.61. The molecule has 1 unspecified atom stereocenters. The minimum atomic E-state index is 0. The maximum Gasteiger partial charge on any atom is 0.224 e. The Balaban J connectivity index is 0.000001000. The normalized spacial score (nSPS) is 28.1. The van der Waals surface area contributed by atoms with Crippen molar-refractivity contribution in [2.24, 2.45) is 5.92 Å². The number of nitrogens with zero attached hydrogens (tertiary/aromatic N) is 1. The molecular weight excluding hydrogens is 297 g/mol. The third-order valence-corrected chi connectivity index (χ3v) is 4.61. The molecule has 2 aliphatic heterocycles. The van der Waals surface area contributed by atoms with Gasteiger partial charge < -0.3 is 15.5 Å². The number of carbonyl (C=O) groups excluding carboxylic acids is 1. The van der Waals surface area contributed by atoms with Crippen molar-refractivity contribution in [1.29, 1.82) is 0 Å². The number of hydrogen-bond acceptors (Lipinski definition) is 3. The number of halogens is 2. The summed E-state index contributed by atoms with van der Waals surface area (Å²) in [6.07, 6.45) is 7.26. The Labute approximate surface area is 134 Å². The molecule has 20 heavy (non-hydrogen) atoms. The summed E-state index contributed by atoms with van der Waals surface area (Å²) in [5.74, 6) is 0.493. The zero-order chi connectivity index (χ0) is 12.4. The molecule has 1 atom stereocenters. The molecule has 1 amide bonds.